The number of likely N-dealkylation sites (tertiary alicyclic amines) is 1. The topological polar surface area (TPSA) is 63.3 Å². The third-order valence-corrected chi connectivity index (χ3v) is 7.79. The lowest BCUT2D eigenvalue weighted by molar-refractivity contribution is 0.0922. The van der Waals surface area contributed by atoms with Crippen LogP contribution in [0.1, 0.15) is 81.3 Å². The van der Waals surface area contributed by atoms with E-state index in [9.17, 15) is 9.18 Å². The molecular formula is C29H37FN4O2. The van der Waals surface area contributed by atoms with Gasteiger partial charge in [-0.3, -0.25) is 4.79 Å². The van der Waals surface area contributed by atoms with Crippen LogP contribution in [0, 0.1) is 5.82 Å². The van der Waals surface area contributed by atoms with E-state index in [2.05, 4.69) is 21.7 Å². The van der Waals surface area contributed by atoms with Gasteiger partial charge in [0.15, 0.2) is 11.5 Å². The maximum atomic E-state index is 13.6. The molecule has 6 nitrogen and oxygen atoms in total. The third-order valence-electron chi connectivity index (χ3n) is 7.79. The van der Waals surface area contributed by atoms with Crippen molar-refractivity contribution in [3.63, 3.8) is 0 Å². The Bertz CT molecular complexity index is 1150. The molecule has 1 aliphatic carbocycles. The quantitative estimate of drug-likeness (QED) is 0.367. The van der Waals surface area contributed by atoms with Crippen LogP contribution in [-0.2, 0) is 0 Å². The molecule has 0 bridgehead atoms. The zero-order valence-electron chi connectivity index (χ0n) is 21.2. The Morgan fingerprint density at radius 3 is 2.61 bits per heavy atom. The molecule has 3 aromatic rings. The molecular weight excluding hydrogens is 455 g/mol. The number of piperidine rings is 1. The van der Waals surface area contributed by atoms with Gasteiger partial charge in [-0.05, 0) is 82.0 Å². The summed E-state index contributed by atoms with van der Waals surface area (Å²) >= 11 is 0. The van der Waals surface area contributed by atoms with Gasteiger partial charge in [0.25, 0.3) is 5.91 Å². The van der Waals surface area contributed by atoms with Crippen LogP contribution < -0.4 is 5.32 Å². The molecule has 1 saturated carbocycles. The Labute approximate surface area is 212 Å². The average Bonchev–Trinajstić information content (AvgIpc) is 3.56. The van der Waals surface area contributed by atoms with Crippen molar-refractivity contribution in [1.82, 2.24) is 19.8 Å². The van der Waals surface area contributed by atoms with Gasteiger partial charge in [0.2, 0.25) is 0 Å². The zero-order chi connectivity index (χ0) is 24.9. The van der Waals surface area contributed by atoms with Gasteiger partial charge in [0.1, 0.15) is 11.5 Å². The first-order chi connectivity index (χ1) is 17.6. The third kappa shape index (κ3) is 5.56. The maximum Gasteiger partial charge on any atom is 0.287 e. The minimum absolute atomic E-state index is 0.194. The normalized spacial score (nSPS) is 19.4. The van der Waals surface area contributed by atoms with Crippen molar-refractivity contribution in [1.29, 1.82) is 0 Å². The van der Waals surface area contributed by atoms with E-state index < -0.39 is 0 Å². The Hall–Kier alpha value is -2.93. The fraction of sp³-hybridized carbons (Fsp3) is 0.517. The van der Waals surface area contributed by atoms with Crippen LogP contribution in [-0.4, -0.2) is 46.0 Å². The second-order valence-corrected chi connectivity index (χ2v) is 10.3. The fourth-order valence-corrected chi connectivity index (χ4v) is 5.71. The molecule has 5 rings (SSSR count). The smallest absolute Gasteiger partial charge is 0.287 e. The van der Waals surface area contributed by atoms with Crippen molar-refractivity contribution in [2.45, 2.75) is 76.8 Å². The van der Waals surface area contributed by atoms with Gasteiger partial charge in [-0.15, -0.1) is 0 Å². The van der Waals surface area contributed by atoms with E-state index in [0.717, 1.165) is 49.3 Å². The first kappa shape index (κ1) is 24.8. The van der Waals surface area contributed by atoms with Crippen LogP contribution in [0.5, 0.6) is 0 Å². The summed E-state index contributed by atoms with van der Waals surface area (Å²) in [5, 5.41) is 3.02. The maximum absolute atomic E-state index is 13.6. The van der Waals surface area contributed by atoms with Gasteiger partial charge < -0.3 is 19.2 Å². The summed E-state index contributed by atoms with van der Waals surface area (Å²) in [7, 11) is 0. The highest BCUT2D eigenvalue weighted by Gasteiger charge is 2.25. The second-order valence-electron chi connectivity index (χ2n) is 10.3. The van der Waals surface area contributed by atoms with E-state index in [-0.39, 0.29) is 11.7 Å². The van der Waals surface area contributed by atoms with Crippen LogP contribution >= 0.6 is 0 Å². The predicted molar refractivity (Wildman–Crippen MR) is 139 cm³/mol. The van der Waals surface area contributed by atoms with Crippen LogP contribution in [0.25, 0.3) is 22.7 Å². The first-order valence-electron chi connectivity index (χ1n) is 13.6. The summed E-state index contributed by atoms with van der Waals surface area (Å²) < 4.78 is 21.9. The summed E-state index contributed by atoms with van der Waals surface area (Å²) in [6.45, 7) is 5.08. The lowest BCUT2D eigenvalue weighted by atomic mass is 9.95. The van der Waals surface area contributed by atoms with Crippen molar-refractivity contribution >= 4 is 5.91 Å². The molecule has 2 fully saturated rings. The van der Waals surface area contributed by atoms with Crippen molar-refractivity contribution < 1.29 is 13.6 Å². The molecule has 7 heteroatoms. The molecule has 192 valence electrons. The first-order valence-corrected chi connectivity index (χ1v) is 13.6. The number of rotatable bonds is 8. The van der Waals surface area contributed by atoms with Crippen LogP contribution in [0.2, 0.25) is 0 Å². The number of nitrogens with zero attached hydrogens (tertiary/aromatic N) is 3. The molecule has 1 aromatic carbocycles. The molecule has 2 aliphatic rings. The molecule has 1 aliphatic heterocycles. The number of hydrogen-bond donors (Lipinski definition) is 1. The highest BCUT2D eigenvalue weighted by atomic mass is 19.1. The molecule has 1 atom stereocenters. The van der Waals surface area contributed by atoms with Gasteiger partial charge in [-0.1, -0.05) is 25.7 Å². The van der Waals surface area contributed by atoms with Crippen molar-refractivity contribution in [2.24, 2.45) is 0 Å². The highest BCUT2D eigenvalue weighted by molar-refractivity contribution is 5.92. The number of imidazole rings is 1. The molecule has 0 unspecified atom stereocenters. The summed E-state index contributed by atoms with van der Waals surface area (Å²) in [4.78, 5) is 20.1. The number of furan rings is 1. The summed E-state index contributed by atoms with van der Waals surface area (Å²) in [6.07, 6.45) is 12.5. The number of amides is 1. The predicted octanol–water partition coefficient (Wildman–Crippen LogP) is 6.45. The Morgan fingerprint density at radius 1 is 1.06 bits per heavy atom. The highest BCUT2D eigenvalue weighted by Crippen LogP contribution is 2.38. The van der Waals surface area contributed by atoms with Crippen LogP contribution in [0.3, 0.4) is 0 Å². The zero-order valence-corrected chi connectivity index (χ0v) is 21.2. The lowest BCUT2D eigenvalue weighted by Gasteiger charge is -2.33. The number of hydrogen-bond acceptors (Lipinski definition) is 4. The Morgan fingerprint density at radius 2 is 1.83 bits per heavy atom. The summed E-state index contributed by atoms with van der Waals surface area (Å²) in [5.41, 5.74) is 2.43. The van der Waals surface area contributed by atoms with Gasteiger partial charge in [0, 0.05) is 30.7 Å². The number of carbonyl (C=O) groups excluding carboxylic acids is 1. The molecule has 2 aromatic heterocycles. The lowest BCUT2D eigenvalue weighted by Crippen LogP contribution is -2.39. The van der Waals surface area contributed by atoms with Gasteiger partial charge in [-0.25, -0.2) is 9.37 Å². The molecule has 0 radical (unpaired) electrons. The number of benzene rings is 1. The Balaban J connectivity index is 1.31. The van der Waals surface area contributed by atoms with Gasteiger partial charge in [0.05, 0.1) is 12.0 Å². The van der Waals surface area contributed by atoms with E-state index in [4.69, 9.17) is 9.40 Å². The van der Waals surface area contributed by atoms with E-state index in [1.807, 2.05) is 12.4 Å². The molecule has 36 heavy (non-hydrogen) atoms. The van der Waals surface area contributed by atoms with Crippen LogP contribution in [0.15, 0.2) is 47.1 Å². The minimum atomic E-state index is -0.279. The van der Waals surface area contributed by atoms with Crippen molar-refractivity contribution in [2.75, 3.05) is 19.6 Å². The molecule has 0 spiro atoms. The van der Waals surface area contributed by atoms with Gasteiger partial charge in [-0.2, -0.15) is 0 Å². The summed E-state index contributed by atoms with van der Waals surface area (Å²) in [6, 6.07) is 11.0. The van der Waals surface area contributed by atoms with Crippen molar-refractivity contribution in [3.8, 4) is 22.7 Å². The number of halogens is 1. The van der Waals surface area contributed by atoms with Crippen molar-refractivity contribution in [3.05, 3.63) is 54.3 Å². The fourth-order valence-electron chi connectivity index (χ4n) is 5.71. The van der Waals surface area contributed by atoms with Crippen LogP contribution in [0.4, 0.5) is 4.39 Å². The number of aromatic nitrogens is 2. The van der Waals surface area contributed by atoms with E-state index in [1.165, 1.54) is 50.7 Å². The Kier molecular flexibility index (Phi) is 7.85. The summed E-state index contributed by atoms with van der Waals surface area (Å²) in [5.74, 6) is 0.446. The molecule has 1 saturated heterocycles. The average molecular weight is 493 g/mol. The van der Waals surface area contributed by atoms with Gasteiger partial charge >= 0.3 is 0 Å². The molecule has 1 N–H and O–H groups in total. The van der Waals surface area contributed by atoms with E-state index >= 15 is 0 Å². The van der Waals surface area contributed by atoms with E-state index in [0.29, 0.717) is 30.1 Å². The standard InChI is InChI=1S/C29H37FN4O2/c1-21-8-5-6-18-33(21)19-7-17-31-29(35)26-16-15-25(36-26)28-27(22-11-13-23(30)14-12-22)32-20-34(28)24-9-3-2-4-10-24/h11-16,20-21,24H,2-10,17-19H2,1H3,(H,31,35)/t21-/m1/s1. The molecule has 1 amide bonds. The molecule has 3 heterocycles. The monoisotopic (exact) mass is 492 g/mol. The number of nitrogens with one attached hydrogen (secondary N) is 1. The minimum Gasteiger partial charge on any atom is -0.449 e. The van der Waals surface area contributed by atoms with E-state index in [1.54, 1.807) is 18.2 Å². The second kappa shape index (κ2) is 11.4. The number of carbonyl (C=O) groups is 1. The largest absolute Gasteiger partial charge is 0.449 e. The SMILES string of the molecule is C[C@@H]1CCCCN1CCCNC(=O)c1ccc(-c2c(-c3ccc(F)cc3)ncn2C2CCCCC2)o1.